The number of esters is 1. The van der Waals surface area contributed by atoms with E-state index >= 15 is 0 Å². The molecule has 0 bridgehead atoms. The fraction of sp³-hybridized carbons (Fsp3) is 0.524. The molecule has 7 heteroatoms. The zero-order chi connectivity index (χ0) is 20.7. The van der Waals surface area contributed by atoms with Gasteiger partial charge in [0.05, 0.1) is 31.4 Å². The lowest BCUT2D eigenvalue weighted by atomic mass is 9.95. The maximum Gasteiger partial charge on any atom is 0.338 e. The smallest absolute Gasteiger partial charge is 0.338 e. The van der Waals surface area contributed by atoms with E-state index in [9.17, 15) is 4.79 Å². The highest BCUT2D eigenvalue weighted by Crippen LogP contribution is 2.35. The van der Waals surface area contributed by atoms with Crippen molar-refractivity contribution in [1.82, 2.24) is 10.6 Å². The Morgan fingerprint density at radius 1 is 1.21 bits per heavy atom. The number of allylic oxidation sites excluding steroid dienone is 1. The molecule has 0 amide bonds. The maximum atomic E-state index is 12.8. The van der Waals surface area contributed by atoms with Gasteiger partial charge in [0.1, 0.15) is 0 Å². The summed E-state index contributed by atoms with van der Waals surface area (Å²) in [5.74, 6) is 1.23. The van der Waals surface area contributed by atoms with E-state index in [1.807, 2.05) is 45.9 Å². The molecule has 1 aliphatic heterocycles. The van der Waals surface area contributed by atoms with Crippen molar-refractivity contribution in [3.8, 4) is 11.5 Å². The third-order valence-corrected chi connectivity index (χ3v) is 4.32. The highest BCUT2D eigenvalue weighted by Gasteiger charge is 2.31. The van der Waals surface area contributed by atoms with E-state index in [0.717, 1.165) is 12.0 Å². The van der Waals surface area contributed by atoms with Gasteiger partial charge in [0.15, 0.2) is 16.6 Å². The molecule has 0 aromatic heterocycles. The lowest BCUT2D eigenvalue weighted by Crippen LogP contribution is -2.45. The summed E-state index contributed by atoms with van der Waals surface area (Å²) in [6, 6.07) is 5.26. The van der Waals surface area contributed by atoms with Crippen LogP contribution in [0.1, 0.15) is 52.6 Å². The number of hydrogen-bond donors (Lipinski definition) is 2. The monoisotopic (exact) mass is 406 g/mol. The van der Waals surface area contributed by atoms with Gasteiger partial charge in [-0.3, -0.25) is 0 Å². The maximum absolute atomic E-state index is 12.8. The molecular weight excluding hydrogens is 376 g/mol. The third-order valence-electron chi connectivity index (χ3n) is 4.10. The Morgan fingerprint density at radius 2 is 1.96 bits per heavy atom. The Kier molecular flexibility index (Phi) is 8.11. The fourth-order valence-electron chi connectivity index (χ4n) is 2.84. The van der Waals surface area contributed by atoms with Crippen LogP contribution in [0.4, 0.5) is 0 Å². The molecule has 0 saturated carbocycles. The summed E-state index contributed by atoms with van der Waals surface area (Å²) >= 11 is 5.31. The van der Waals surface area contributed by atoms with Crippen LogP contribution in [0.15, 0.2) is 29.5 Å². The molecule has 6 nitrogen and oxygen atoms in total. The molecule has 1 aliphatic rings. The van der Waals surface area contributed by atoms with Crippen molar-refractivity contribution in [1.29, 1.82) is 0 Å². The normalized spacial score (nSPS) is 16.5. The van der Waals surface area contributed by atoms with Gasteiger partial charge in [0.25, 0.3) is 0 Å². The molecule has 1 aromatic carbocycles. The SMILES string of the molecule is CCCOc1ccc([C@@H]2NC(=S)NC(C)=C2C(=O)OCC(C)C)cc1OCC. The van der Waals surface area contributed by atoms with E-state index in [2.05, 4.69) is 17.6 Å². The molecule has 2 N–H and O–H groups in total. The predicted octanol–water partition coefficient (Wildman–Crippen LogP) is 3.87. The van der Waals surface area contributed by atoms with Gasteiger partial charge < -0.3 is 24.8 Å². The quantitative estimate of drug-likeness (QED) is 0.477. The third kappa shape index (κ3) is 5.61. The summed E-state index contributed by atoms with van der Waals surface area (Å²) in [5, 5.41) is 6.66. The van der Waals surface area contributed by atoms with Gasteiger partial charge in [-0.25, -0.2) is 4.79 Å². The van der Waals surface area contributed by atoms with E-state index < -0.39 is 6.04 Å². The van der Waals surface area contributed by atoms with Crippen molar-refractivity contribution >= 4 is 23.3 Å². The van der Waals surface area contributed by atoms with Crippen molar-refractivity contribution in [3.05, 3.63) is 35.0 Å². The zero-order valence-electron chi connectivity index (χ0n) is 17.3. The second-order valence-corrected chi connectivity index (χ2v) is 7.46. The minimum absolute atomic E-state index is 0.258. The topological polar surface area (TPSA) is 68.8 Å². The van der Waals surface area contributed by atoms with Crippen LogP contribution in [0.3, 0.4) is 0 Å². The average Bonchev–Trinajstić information content (AvgIpc) is 2.64. The molecule has 154 valence electrons. The van der Waals surface area contributed by atoms with Crippen LogP contribution >= 0.6 is 12.2 Å². The molecule has 0 radical (unpaired) electrons. The molecule has 1 heterocycles. The van der Waals surface area contributed by atoms with Crippen molar-refractivity contribution in [2.24, 2.45) is 5.92 Å². The van der Waals surface area contributed by atoms with Gasteiger partial charge in [-0.15, -0.1) is 0 Å². The molecule has 1 aromatic rings. The summed E-state index contributed by atoms with van der Waals surface area (Å²) in [6.45, 7) is 11.3. The van der Waals surface area contributed by atoms with Gasteiger partial charge in [0, 0.05) is 5.70 Å². The minimum Gasteiger partial charge on any atom is -0.490 e. The van der Waals surface area contributed by atoms with Crippen LogP contribution in [0.5, 0.6) is 11.5 Å². The van der Waals surface area contributed by atoms with Crippen LogP contribution in [0, 0.1) is 5.92 Å². The highest BCUT2D eigenvalue weighted by atomic mass is 32.1. The lowest BCUT2D eigenvalue weighted by molar-refractivity contribution is -0.140. The Labute approximate surface area is 172 Å². The fourth-order valence-corrected chi connectivity index (χ4v) is 3.11. The standard InChI is InChI=1S/C21H30N2O4S/c1-6-10-26-16-9-8-15(11-17(16)25-7-2)19-18(14(5)22-21(28)23-19)20(24)27-12-13(3)4/h8-9,11,13,19H,6-7,10,12H2,1-5H3,(H2,22,23,28)/t19-/m0/s1. The number of benzene rings is 1. The summed E-state index contributed by atoms with van der Waals surface area (Å²) in [7, 11) is 0. The first-order chi connectivity index (χ1) is 13.4. The van der Waals surface area contributed by atoms with Gasteiger partial charge in [-0.1, -0.05) is 26.8 Å². The van der Waals surface area contributed by atoms with Gasteiger partial charge in [-0.2, -0.15) is 0 Å². The van der Waals surface area contributed by atoms with Crippen molar-refractivity contribution in [3.63, 3.8) is 0 Å². The Hall–Kier alpha value is -2.28. The van der Waals surface area contributed by atoms with Crippen LogP contribution in [-0.2, 0) is 9.53 Å². The van der Waals surface area contributed by atoms with Crippen LogP contribution in [0.25, 0.3) is 0 Å². The molecule has 0 unspecified atom stereocenters. The Morgan fingerprint density at radius 3 is 2.61 bits per heavy atom. The van der Waals surface area contributed by atoms with Gasteiger partial charge in [0.2, 0.25) is 0 Å². The zero-order valence-corrected chi connectivity index (χ0v) is 18.1. The first-order valence-electron chi connectivity index (χ1n) is 9.72. The van der Waals surface area contributed by atoms with Crippen molar-refractivity contribution in [2.45, 2.75) is 47.1 Å². The van der Waals surface area contributed by atoms with Crippen LogP contribution in [-0.4, -0.2) is 30.9 Å². The molecule has 0 spiro atoms. The molecule has 28 heavy (non-hydrogen) atoms. The summed E-state index contributed by atoms with van der Waals surface area (Å²) in [5.41, 5.74) is 2.05. The van der Waals surface area contributed by atoms with E-state index in [-0.39, 0.29) is 11.9 Å². The number of nitrogens with one attached hydrogen (secondary N) is 2. The van der Waals surface area contributed by atoms with Crippen LogP contribution < -0.4 is 20.1 Å². The molecule has 0 saturated heterocycles. The van der Waals surface area contributed by atoms with E-state index in [4.69, 9.17) is 26.4 Å². The summed E-state index contributed by atoms with van der Waals surface area (Å²) in [4.78, 5) is 12.8. The molecule has 0 aliphatic carbocycles. The molecular formula is C21H30N2O4S. The molecule has 1 atom stereocenters. The lowest BCUT2D eigenvalue weighted by Gasteiger charge is -2.30. The average molecular weight is 407 g/mol. The number of rotatable bonds is 9. The summed E-state index contributed by atoms with van der Waals surface area (Å²) < 4.78 is 17.0. The number of ether oxygens (including phenoxy) is 3. The second-order valence-electron chi connectivity index (χ2n) is 7.05. The van der Waals surface area contributed by atoms with Gasteiger partial charge in [-0.05, 0) is 56.1 Å². The van der Waals surface area contributed by atoms with Gasteiger partial charge >= 0.3 is 5.97 Å². The number of carbonyl (C=O) groups excluding carboxylic acids is 1. The van der Waals surface area contributed by atoms with E-state index in [1.165, 1.54) is 0 Å². The van der Waals surface area contributed by atoms with E-state index in [1.54, 1.807) is 0 Å². The molecule has 2 rings (SSSR count). The summed E-state index contributed by atoms with van der Waals surface area (Å²) in [6.07, 6.45) is 0.908. The van der Waals surface area contributed by atoms with Crippen molar-refractivity contribution in [2.75, 3.05) is 19.8 Å². The predicted molar refractivity (Wildman–Crippen MR) is 114 cm³/mol. The number of hydrogen-bond acceptors (Lipinski definition) is 5. The number of thiocarbonyl (C=S) groups is 1. The Bertz CT molecular complexity index is 746. The Balaban J connectivity index is 2.38. The largest absolute Gasteiger partial charge is 0.490 e. The second kappa shape index (κ2) is 10.3. The first kappa shape index (κ1) is 22.0. The first-order valence-corrected chi connectivity index (χ1v) is 10.1. The molecule has 0 fully saturated rings. The number of carbonyl (C=O) groups is 1. The van der Waals surface area contributed by atoms with Crippen LogP contribution in [0.2, 0.25) is 0 Å². The highest BCUT2D eigenvalue weighted by molar-refractivity contribution is 7.80. The minimum atomic E-state index is -0.423. The van der Waals surface area contributed by atoms with E-state index in [0.29, 0.717) is 47.7 Å². The van der Waals surface area contributed by atoms with Crippen molar-refractivity contribution < 1.29 is 19.0 Å².